The number of aryl methyl sites for hydroxylation is 1. The maximum atomic E-state index is 12.1. The van der Waals surface area contributed by atoms with Crippen molar-refractivity contribution in [1.82, 2.24) is 5.32 Å². The van der Waals surface area contributed by atoms with Crippen molar-refractivity contribution in [2.24, 2.45) is 0 Å². The topological polar surface area (TPSA) is 78.9 Å². The zero-order chi connectivity index (χ0) is 21.3. The first-order valence-electron chi connectivity index (χ1n) is 9.23. The lowest BCUT2D eigenvalue weighted by molar-refractivity contribution is -0.137. The number of amides is 1. The number of carbonyl (C=O) groups excluding carboxylic acids is 1. The number of nitrogens with one attached hydrogen (secondary N) is 1. The number of carbonyl (C=O) groups is 2. The van der Waals surface area contributed by atoms with Crippen LogP contribution in [0, 0.1) is 6.92 Å². The van der Waals surface area contributed by atoms with E-state index in [0.717, 1.165) is 16.8 Å². The van der Waals surface area contributed by atoms with Gasteiger partial charge in [0.2, 0.25) is 0 Å². The van der Waals surface area contributed by atoms with Crippen LogP contribution in [0.15, 0.2) is 18.2 Å². The number of anilines is 1. The van der Waals surface area contributed by atoms with E-state index in [1.54, 1.807) is 20.8 Å². The summed E-state index contributed by atoms with van der Waals surface area (Å²) in [6, 6.07) is 5.38. The van der Waals surface area contributed by atoms with Crippen molar-refractivity contribution in [3.05, 3.63) is 29.3 Å². The fourth-order valence-corrected chi connectivity index (χ4v) is 3.18. The Bertz CT molecular complexity index is 656. The van der Waals surface area contributed by atoms with Gasteiger partial charge in [-0.2, -0.15) is 0 Å². The molecule has 1 aromatic rings. The Hall–Kier alpha value is -1.66. The van der Waals surface area contributed by atoms with Crippen LogP contribution in [0.25, 0.3) is 0 Å². The predicted molar refractivity (Wildman–Crippen MR) is 114 cm³/mol. The van der Waals surface area contributed by atoms with Gasteiger partial charge in [-0.25, -0.2) is 4.79 Å². The van der Waals surface area contributed by atoms with Crippen LogP contribution in [0.4, 0.5) is 10.5 Å². The van der Waals surface area contributed by atoms with Gasteiger partial charge in [0, 0.05) is 36.6 Å². The van der Waals surface area contributed by atoms with E-state index in [-0.39, 0.29) is 6.42 Å². The van der Waals surface area contributed by atoms with Crippen LogP contribution >= 0.6 is 23.2 Å². The van der Waals surface area contributed by atoms with E-state index in [0.29, 0.717) is 31.3 Å². The van der Waals surface area contributed by atoms with Crippen molar-refractivity contribution >= 4 is 41.0 Å². The first kappa shape index (κ1) is 24.4. The van der Waals surface area contributed by atoms with E-state index in [9.17, 15) is 14.7 Å². The first-order chi connectivity index (χ1) is 13.1. The SMILES string of the molecule is Cc1ccc(N(CCCl)CCCl)cc1CC(CC(=O)O)NC(=O)OC(C)(C)C. The first-order valence-corrected chi connectivity index (χ1v) is 10.3. The normalized spacial score (nSPS) is 12.4. The number of alkyl carbamates (subject to hydrolysis) is 1. The molecule has 1 unspecified atom stereocenters. The molecule has 0 saturated carbocycles. The molecular formula is C20H30Cl2N2O4. The molecule has 0 heterocycles. The standard InChI is InChI=1S/C20H30Cl2N2O4/c1-14-5-6-17(24(9-7-21)10-8-22)12-15(14)11-16(13-18(25)26)23-19(27)28-20(2,3)4/h5-6,12,16H,7-11,13H2,1-4H3,(H,23,27)(H,25,26). The third kappa shape index (κ3) is 9.02. The minimum absolute atomic E-state index is 0.198. The van der Waals surface area contributed by atoms with Crippen LogP contribution in [0.5, 0.6) is 0 Å². The van der Waals surface area contributed by atoms with Crippen molar-refractivity contribution in [2.75, 3.05) is 29.7 Å². The van der Waals surface area contributed by atoms with Gasteiger partial charge in [-0.05, 0) is 57.4 Å². The number of hydrogen-bond acceptors (Lipinski definition) is 4. The van der Waals surface area contributed by atoms with Gasteiger partial charge in [-0.15, -0.1) is 23.2 Å². The molecule has 8 heteroatoms. The molecule has 158 valence electrons. The summed E-state index contributed by atoms with van der Waals surface area (Å²) < 4.78 is 5.26. The van der Waals surface area contributed by atoms with Crippen LogP contribution in [0.1, 0.15) is 38.3 Å². The number of hydrogen-bond donors (Lipinski definition) is 2. The summed E-state index contributed by atoms with van der Waals surface area (Å²) >= 11 is 11.8. The molecule has 0 aliphatic carbocycles. The lowest BCUT2D eigenvalue weighted by Crippen LogP contribution is -2.41. The molecule has 1 amide bonds. The maximum absolute atomic E-state index is 12.1. The zero-order valence-electron chi connectivity index (χ0n) is 16.9. The Morgan fingerprint density at radius 1 is 1.21 bits per heavy atom. The third-order valence-corrected chi connectivity index (χ3v) is 4.35. The lowest BCUT2D eigenvalue weighted by atomic mass is 9.98. The molecular weight excluding hydrogens is 403 g/mol. The van der Waals surface area contributed by atoms with Gasteiger partial charge < -0.3 is 20.1 Å². The van der Waals surface area contributed by atoms with Crippen LogP contribution in [0.2, 0.25) is 0 Å². The van der Waals surface area contributed by atoms with Gasteiger partial charge >= 0.3 is 12.1 Å². The summed E-state index contributed by atoms with van der Waals surface area (Å²) in [6.07, 6.45) is -0.449. The highest BCUT2D eigenvalue weighted by Crippen LogP contribution is 2.22. The fraction of sp³-hybridized carbons (Fsp3) is 0.600. The number of halogens is 2. The Kier molecular flexibility index (Phi) is 9.90. The second kappa shape index (κ2) is 11.4. The molecule has 2 N–H and O–H groups in total. The van der Waals surface area contributed by atoms with Gasteiger partial charge in [-0.3, -0.25) is 4.79 Å². The molecule has 28 heavy (non-hydrogen) atoms. The third-order valence-electron chi connectivity index (χ3n) is 4.01. The van der Waals surface area contributed by atoms with Crippen molar-refractivity contribution in [3.63, 3.8) is 0 Å². The smallest absolute Gasteiger partial charge is 0.407 e. The van der Waals surface area contributed by atoms with E-state index >= 15 is 0 Å². The summed E-state index contributed by atoms with van der Waals surface area (Å²) in [5.41, 5.74) is 2.28. The molecule has 0 saturated heterocycles. The van der Waals surface area contributed by atoms with Gasteiger partial charge in [-0.1, -0.05) is 6.07 Å². The number of rotatable bonds is 10. The Morgan fingerprint density at radius 2 is 1.82 bits per heavy atom. The van der Waals surface area contributed by atoms with Crippen LogP contribution in [0.3, 0.4) is 0 Å². The summed E-state index contributed by atoms with van der Waals surface area (Å²) in [5.74, 6) is -0.0371. The number of benzene rings is 1. The molecule has 6 nitrogen and oxygen atoms in total. The van der Waals surface area contributed by atoms with E-state index in [2.05, 4.69) is 10.2 Å². The Morgan fingerprint density at radius 3 is 2.32 bits per heavy atom. The van der Waals surface area contributed by atoms with Gasteiger partial charge in [0.05, 0.1) is 6.42 Å². The highest BCUT2D eigenvalue weighted by Gasteiger charge is 2.22. The van der Waals surface area contributed by atoms with E-state index in [1.165, 1.54) is 0 Å². The molecule has 0 aliphatic heterocycles. The van der Waals surface area contributed by atoms with Crippen molar-refractivity contribution < 1.29 is 19.4 Å². The highest BCUT2D eigenvalue weighted by molar-refractivity contribution is 6.18. The predicted octanol–water partition coefficient (Wildman–Crippen LogP) is 4.19. The summed E-state index contributed by atoms with van der Waals surface area (Å²) in [4.78, 5) is 25.5. The second-order valence-corrected chi connectivity index (χ2v) is 8.38. The molecule has 0 fully saturated rings. The lowest BCUT2D eigenvalue weighted by Gasteiger charge is -2.26. The van der Waals surface area contributed by atoms with Crippen LogP contribution < -0.4 is 10.2 Å². The van der Waals surface area contributed by atoms with Crippen LogP contribution in [-0.2, 0) is 16.0 Å². The van der Waals surface area contributed by atoms with E-state index in [1.807, 2.05) is 25.1 Å². The zero-order valence-corrected chi connectivity index (χ0v) is 18.4. The summed E-state index contributed by atoms with van der Waals surface area (Å²) in [7, 11) is 0. The van der Waals surface area contributed by atoms with Crippen molar-refractivity contribution in [2.45, 2.75) is 52.2 Å². The molecule has 1 aromatic carbocycles. The molecule has 0 radical (unpaired) electrons. The maximum Gasteiger partial charge on any atom is 0.407 e. The van der Waals surface area contributed by atoms with Crippen molar-refractivity contribution in [3.8, 4) is 0 Å². The number of carboxylic acid groups (broad SMARTS) is 1. The monoisotopic (exact) mass is 432 g/mol. The average Bonchev–Trinajstić information content (AvgIpc) is 2.54. The number of nitrogens with zero attached hydrogens (tertiary/aromatic N) is 1. The minimum atomic E-state index is -0.985. The molecule has 0 aliphatic rings. The molecule has 0 spiro atoms. The molecule has 1 rings (SSSR count). The number of ether oxygens (including phenoxy) is 1. The number of carboxylic acids is 1. The molecule has 1 atom stereocenters. The minimum Gasteiger partial charge on any atom is -0.481 e. The summed E-state index contributed by atoms with van der Waals surface area (Å²) in [5, 5.41) is 11.9. The molecule has 0 aromatic heterocycles. The quantitative estimate of drug-likeness (QED) is 0.541. The average molecular weight is 433 g/mol. The number of aliphatic carboxylic acids is 1. The Labute approximate surface area is 177 Å². The van der Waals surface area contributed by atoms with Crippen molar-refractivity contribution in [1.29, 1.82) is 0 Å². The largest absolute Gasteiger partial charge is 0.481 e. The summed E-state index contributed by atoms with van der Waals surface area (Å²) in [6.45, 7) is 8.55. The fourth-order valence-electron chi connectivity index (χ4n) is 2.77. The molecule has 0 bridgehead atoms. The van der Waals surface area contributed by atoms with Crippen LogP contribution in [-0.4, -0.2) is 53.7 Å². The Balaban J connectivity index is 3.01. The second-order valence-electron chi connectivity index (χ2n) is 7.62. The van der Waals surface area contributed by atoms with Gasteiger partial charge in [0.25, 0.3) is 0 Å². The van der Waals surface area contributed by atoms with E-state index < -0.39 is 23.7 Å². The number of alkyl halides is 2. The van der Waals surface area contributed by atoms with Gasteiger partial charge in [0.1, 0.15) is 5.60 Å². The highest BCUT2D eigenvalue weighted by atomic mass is 35.5. The van der Waals surface area contributed by atoms with Gasteiger partial charge in [0.15, 0.2) is 0 Å². The van der Waals surface area contributed by atoms with E-state index in [4.69, 9.17) is 27.9 Å².